The monoisotopic (exact) mass is 250 g/mol. The van der Waals surface area contributed by atoms with Gasteiger partial charge in [0.15, 0.2) is 0 Å². The molecule has 2 amide bonds. The van der Waals surface area contributed by atoms with Crippen LogP contribution in [0.3, 0.4) is 0 Å². The van der Waals surface area contributed by atoms with Crippen molar-refractivity contribution in [2.24, 2.45) is 0 Å². The molecule has 0 spiro atoms. The summed E-state index contributed by atoms with van der Waals surface area (Å²) in [6.07, 6.45) is -0.0329. The molecule has 0 aliphatic carbocycles. The van der Waals surface area contributed by atoms with E-state index in [4.69, 9.17) is 0 Å². The van der Waals surface area contributed by atoms with Crippen molar-refractivity contribution in [3.05, 3.63) is 35.9 Å². The standard InChI is InChI=1S/C14H22N2O2/c1-14(2,3)16-13(18)15-10-12(17)9-11-7-5-4-6-8-11/h4-8,12,17H,9-10H2,1-3H3,(H2,15,16,18)/t12-/m0/s1. The normalized spacial score (nSPS) is 12.9. The van der Waals surface area contributed by atoms with Gasteiger partial charge >= 0.3 is 6.03 Å². The van der Waals surface area contributed by atoms with Crippen LogP contribution in [0.2, 0.25) is 0 Å². The van der Waals surface area contributed by atoms with E-state index in [0.29, 0.717) is 6.42 Å². The van der Waals surface area contributed by atoms with E-state index >= 15 is 0 Å². The number of aliphatic hydroxyl groups excluding tert-OH is 1. The Hall–Kier alpha value is -1.55. The van der Waals surface area contributed by atoms with Gasteiger partial charge in [-0.25, -0.2) is 4.79 Å². The second-order valence-corrected chi connectivity index (χ2v) is 5.43. The Morgan fingerprint density at radius 1 is 1.28 bits per heavy atom. The van der Waals surface area contributed by atoms with Crippen LogP contribution >= 0.6 is 0 Å². The molecule has 1 rings (SSSR count). The van der Waals surface area contributed by atoms with Crippen LogP contribution in [0, 0.1) is 0 Å². The minimum Gasteiger partial charge on any atom is -0.391 e. The Bertz CT molecular complexity index is 371. The topological polar surface area (TPSA) is 61.4 Å². The molecule has 0 aromatic heterocycles. The van der Waals surface area contributed by atoms with Gasteiger partial charge in [0, 0.05) is 18.5 Å². The summed E-state index contributed by atoms with van der Waals surface area (Å²) in [7, 11) is 0. The summed E-state index contributed by atoms with van der Waals surface area (Å²) in [6.45, 7) is 5.98. The lowest BCUT2D eigenvalue weighted by Gasteiger charge is -2.21. The average molecular weight is 250 g/mol. The summed E-state index contributed by atoms with van der Waals surface area (Å²) in [4.78, 5) is 11.5. The first-order valence-corrected chi connectivity index (χ1v) is 6.15. The van der Waals surface area contributed by atoms with E-state index < -0.39 is 6.10 Å². The second kappa shape index (κ2) is 6.40. The molecule has 0 heterocycles. The lowest BCUT2D eigenvalue weighted by atomic mass is 10.1. The van der Waals surface area contributed by atoms with Gasteiger partial charge in [0.25, 0.3) is 0 Å². The third-order valence-corrected chi connectivity index (χ3v) is 2.30. The summed E-state index contributed by atoms with van der Waals surface area (Å²) >= 11 is 0. The SMILES string of the molecule is CC(C)(C)NC(=O)NC[C@@H](O)Cc1ccccc1. The highest BCUT2D eigenvalue weighted by Gasteiger charge is 2.14. The predicted octanol–water partition coefficient (Wildman–Crippen LogP) is 1.69. The van der Waals surface area contributed by atoms with Crippen molar-refractivity contribution in [3.8, 4) is 0 Å². The summed E-state index contributed by atoms with van der Waals surface area (Å²) < 4.78 is 0. The number of amides is 2. The summed E-state index contributed by atoms with van der Waals surface area (Å²) in [5.74, 6) is 0. The summed E-state index contributed by atoms with van der Waals surface area (Å²) in [5, 5.41) is 15.2. The zero-order chi connectivity index (χ0) is 13.6. The van der Waals surface area contributed by atoms with Crippen molar-refractivity contribution >= 4 is 6.03 Å². The van der Waals surface area contributed by atoms with Crippen molar-refractivity contribution in [2.75, 3.05) is 6.54 Å². The van der Waals surface area contributed by atoms with E-state index in [0.717, 1.165) is 5.56 Å². The molecule has 18 heavy (non-hydrogen) atoms. The van der Waals surface area contributed by atoms with Gasteiger partial charge in [-0.05, 0) is 26.3 Å². The minimum absolute atomic E-state index is 0.247. The maximum atomic E-state index is 11.5. The molecule has 0 unspecified atom stereocenters. The Balaban J connectivity index is 2.29. The first-order valence-electron chi connectivity index (χ1n) is 6.15. The first-order chi connectivity index (χ1) is 8.37. The van der Waals surface area contributed by atoms with Gasteiger partial charge in [-0.2, -0.15) is 0 Å². The lowest BCUT2D eigenvalue weighted by Crippen LogP contribution is -2.48. The molecule has 0 aliphatic heterocycles. The molecule has 100 valence electrons. The molecule has 0 bridgehead atoms. The maximum absolute atomic E-state index is 11.5. The van der Waals surface area contributed by atoms with E-state index in [2.05, 4.69) is 10.6 Å². The molecule has 4 heteroatoms. The van der Waals surface area contributed by atoms with Gasteiger partial charge < -0.3 is 15.7 Å². The molecule has 0 aliphatic rings. The Kier molecular flexibility index (Phi) is 5.16. The molecule has 0 fully saturated rings. The van der Waals surface area contributed by atoms with Crippen LogP contribution in [-0.4, -0.2) is 29.3 Å². The fraction of sp³-hybridized carbons (Fsp3) is 0.500. The Morgan fingerprint density at radius 3 is 2.44 bits per heavy atom. The van der Waals surface area contributed by atoms with Gasteiger partial charge in [0.05, 0.1) is 6.10 Å². The molecular weight excluding hydrogens is 228 g/mol. The van der Waals surface area contributed by atoms with E-state index in [1.807, 2.05) is 51.1 Å². The van der Waals surface area contributed by atoms with Crippen LogP contribution < -0.4 is 10.6 Å². The highest BCUT2D eigenvalue weighted by atomic mass is 16.3. The van der Waals surface area contributed by atoms with Crippen molar-refractivity contribution < 1.29 is 9.90 Å². The number of carbonyl (C=O) groups is 1. The highest BCUT2D eigenvalue weighted by molar-refractivity contribution is 5.74. The van der Waals surface area contributed by atoms with Crippen LogP contribution in [0.4, 0.5) is 4.79 Å². The summed E-state index contributed by atoms with van der Waals surface area (Å²) in [5.41, 5.74) is 0.789. The van der Waals surface area contributed by atoms with Crippen molar-refractivity contribution in [1.82, 2.24) is 10.6 Å². The third-order valence-electron chi connectivity index (χ3n) is 2.30. The van der Waals surface area contributed by atoms with Gasteiger partial charge in [-0.3, -0.25) is 0 Å². The van der Waals surface area contributed by atoms with Crippen LogP contribution in [0.1, 0.15) is 26.3 Å². The number of benzene rings is 1. The van der Waals surface area contributed by atoms with E-state index in [-0.39, 0.29) is 18.1 Å². The van der Waals surface area contributed by atoms with Crippen molar-refractivity contribution in [3.63, 3.8) is 0 Å². The highest BCUT2D eigenvalue weighted by Crippen LogP contribution is 2.02. The van der Waals surface area contributed by atoms with Crippen molar-refractivity contribution in [2.45, 2.75) is 38.8 Å². The molecule has 1 atom stereocenters. The molecule has 1 aromatic rings. The van der Waals surface area contributed by atoms with Gasteiger partial charge in [0.1, 0.15) is 0 Å². The summed E-state index contributed by atoms with van der Waals surface area (Å²) in [6, 6.07) is 9.46. The fourth-order valence-electron chi connectivity index (χ4n) is 1.55. The molecular formula is C14H22N2O2. The van der Waals surface area contributed by atoms with Gasteiger partial charge in [-0.1, -0.05) is 30.3 Å². The largest absolute Gasteiger partial charge is 0.391 e. The maximum Gasteiger partial charge on any atom is 0.315 e. The lowest BCUT2D eigenvalue weighted by molar-refractivity contribution is 0.169. The molecule has 0 radical (unpaired) electrons. The van der Waals surface area contributed by atoms with Crippen LogP contribution in [-0.2, 0) is 6.42 Å². The number of urea groups is 1. The van der Waals surface area contributed by atoms with Crippen molar-refractivity contribution in [1.29, 1.82) is 0 Å². The van der Waals surface area contributed by atoms with Crippen LogP contribution in [0.25, 0.3) is 0 Å². The van der Waals surface area contributed by atoms with Gasteiger partial charge in [-0.15, -0.1) is 0 Å². The van der Waals surface area contributed by atoms with Gasteiger partial charge in [0.2, 0.25) is 0 Å². The smallest absolute Gasteiger partial charge is 0.315 e. The van der Waals surface area contributed by atoms with E-state index in [9.17, 15) is 9.90 Å². The minimum atomic E-state index is -0.571. The molecule has 4 nitrogen and oxygen atoms in total. The second-order valence-electron chi connectivity index (χ2n) is 5.43. The quantitative estimate of drug-likeness (QED) is 0.761. The van der Waals surface area contributed by atoms with Crippen LogP contribution in [0.15, 0.2) is 30.3 Å². The fourth-order valence-corrected chi connectivity index (χ4v) is 1.55. The molecule has 1 aromatic carbocycles. The number of hydrogen-bond donors (Lipinski definition) is 3. The molecule has 0 saturated carbocycles. The Morgan fingerprint density at radius 2 is 1.89 bits per heavy atom. The molecule has 0 saturated heterocycles. The van der Waals surface area contributed by atoms with E-state index in [1.165, 1.54) is 0 Å². The number of rotatable bonds is 4. The molecule has 3 N–H and O–H groups in total. The van der Waals surface area contributed by atoms with Crippen LogP contribution in [0.5, 0.6) is 0 Å². The Labute approximate surface area is 108 Å². The zero-order valence-corrected chi connectivity index (χ0v) is 11.2. The third kappa shape index (κ3) is 6.25. The first kappa shape index (κ1) is 14.5. The van der Waals surface area contributed by atoms with E-state index in [1.54, 1.807) is 0 Å². The number of hydrogen-bond acceptors (Lipinski definition) is 2. The number of carbonyl (C=O) groups excluding carboxylic acids is 1. The zero-order valence-electron chi connectivity index (χ0n) is 11.2. The average Bonchev–Trinajstić information content (AvgIpc) is 2.25. The number of aliphatic hydroxyl groups is 1. The predicted molar refractivity (Wildman–Crippen MR) is 72.4 cm³/mol. The number of nitrogens with one attached hydrogen (secondary N) is 2.